The van der Waals surface area contributed by atoms with Gasteiger partial charge >= 0.3 is 5.97 Å². The SMILES string of the molecule is O=C(O)c1cccc(-c2noc(-c3ncccc3Br)n2)c1. The summed E-state index contributed by atoms with van der Waals surface area (Å²) in [4.78, 5) is 19.4. The van der Waals surface area contributed by atoms with Gasteiger partial charge in [0.15, 0.2) is 0 Å². The summed E-state index contributed by atoms with van der Waals surface area (Å²) in [5.74, 6) is -0.433. The number of carboxylic acid groups (broad SMARTS) is 1. The standard InChI is InChI=1S/C14H8BrN3O3/c15-10-5-2-6-16-11(10)13-17-12(18-21-13)8-3-1-4-9(7-8)14(19)20/h1-7H,(H,19,20). The van der Waals surface area contributed by atoms with Gasteiger partial charge in [-0.3, -0.25) is 0 Å². The first-order chi connectivity index (χ1) is 10.1. The maximum absolute atomic E-state index is 11.0. The van der Waals surface area contributed by atoms with Crippen LogP contribution in [0.4, 0.5) is 0 Å². The molecule has 0 aliphatic heterocycles. The summed E-state index contributed by atoms with van der Waals surface area (Å²) in [6, 6.07) is 9.94. The van der Waals surface area contributed by atoms with E-state index in [2.05, 4.69) is 31.1 Å². The molecule has 2 aromatic heterocycles. The van der Waals surface area contributed by atoms with Crippen LogP contribution in [0.1, 0.15) is 10.4 Å². The summed E-state index contributed by atoms with van der Waals surface area (Å²) in [7, 11) is 0. The number of benzene rings is 1. The van der Waals surface area contributed by atoms with Gasteiger partial charge < -0.3 is 9.63 Å². The van der Waals surface area contributed by atoms with Crippen molar-refractivity contribution in [2.24, 2.45) is 0 Å². The van der Waals surface area contributed by atoms with E-state index in [-0.39, 0.29) is 11.5 Å². The fraction of sp³-hybridized carbons (Fsp3) is 0. The molecule has 0 bridgehead atoms. The van der Waals surface area contributed by atoms with Crippen molar-refractivity contribution < 1.29 is 14.4 Å². The Morgan fingerprint density at radius 3 is 2.86 bits per heavy atom. The number of pyridine rings is 1. The van der Waals surface area contributed by atoms with Gasteiger partial charge in [0.05, 0.1) is 5.56 Å². The lowest BCUT2D eigenvalue weighted by Gasteiger charge is -1.97. The minimum atomic E-state index is -1.01. The van der Waals surface area contributed by atoms with Crippen LogP contribution in [0, 0.1) is 0 Å². The molecule has 2 heterocycles. The van der Waals surface area contributed by atoms with Crippen LogP contribution in [0.2, 0.25) is 0 Å². The molecule has 0 fully saturated rings. The second kappa shape index (κ2) is 5.45. The summed E-state index contributed by atoms with van der Waals surface area (Å²) in [6.45, 7) is 0. The van der Waals surface area contributed by atoms with E-state index < -0.39 is 5.97 Å². The second-order valence-corrected chi connectivity index (χ2v) is 5.00. The fourth-order valence-electron chi connectivity index (χ4n) is 1.77. The minimum Gasteiger partial charge on any atom is -0.478 e. The van der Waals surface area contributed by atoms with Crippen LogP contribution in [0.3, 0.4) is 0 Å². The zero-order valence-electron chi connectivity index (χ0n) is 10.5. The first-order valence-electron chi connectivity index (χ1n) is 5.93. The number of aromatic carboxylic acids is 1. The molecular formula is C14H8BrN3O3. The highest BCUT2D eigenvalue weighted by Gasteiger charge is 2.15. The lowest BCUT2D eigenvalue weighted by Crippen LogP contribution is -1.96. The van der Waals surface area contributed by atoms with E-state index in [0.717, 1.165) is 4.47 Å². The Bertz CT molecular complexity index is 816. The van der Waals surface area contributed by atoms with Crippen LogP contribution in [-0.2, 0) is 0 Å². The number of rotatable bonds is 3. The first kappa shape index (κ1) is 13.4. The molecule has 104 valence electrons. The van der Waals surface area contributed by atoms with Gasteiger partial charge in [-0.1, -0.05) is 17.3 Å². The van der Waals surface area contributed by atoms with Crippen molar-refractivity contribution in [1.29, 1.82) is 0 Å². The van der Waals surface area contributed by atoms with Crippen LogP contribution in [0.5, 0.6) is 0 Å². The molecular weight excluding hydrogens is 338 g/mol. The molecule has 3 rings (SSSR count). The van der Waals surface area contributed by atoms with Crippen molar-refractivity contribution in [3.8, 4) is 23.0 Å². The van der Waals surface area contributed by atoms with E-state index in [1.165, 1.54) is 12.1 Å². The highest BCUT2D eigenvalue weighted by Crippen LogP contribution is 2.26. The molecule has 0 radical (unpaired) electrons. The molecule has 0 saturated heterocycles. The van der Waals surface area contributed by atoms with Gasteiger partial charge in [-0.2, -0.15) is 4.98 Å². The third-order valence-electron chi connectivity index (χ3n) is 2.75. The normalized spacial score (nSPS) is 10.5. The van der Waals surface area contributed by atoms with E-state index in [9.17, 15) is 4.79 Å². The van der Waals surface area contributed by atoms with Crippen molar-refractivity contribution in [2.45, 2.75) is 0 Å². The van der Waals surface area contributed by atoms with Crippen LogP contribution < -0.4 is 0 Å². The molecule has 0 aliphatic rings. The van der Waals surface area contributed by atoms with Gasteiger partial charge in [0.1, 0.15) is 5.69 Å². The van der Waals surface area contributed by atoms with Crippen LogP contribution in [0.25, 0.3) is 23.0 Å². The number of nitrogens with zero attached hydrogens (tertiary/aromatic N) is 3. The number of hydrogen-bond acceptors (Lipinski definition) is 5. The quantitative estimate of drug-likeness (QED) is 0.783. The molecule has 6 nitrogen and oxygen atoms in total. The van der Waals surface area contributed by atoms with E-state index in [4.69, 9.17) is 9.63 Å². The highest BCUT2D eigenvalue weighted by molar-refractivity contribution is 9.10. The van der Waals surface area contributed by atoms with E-state index in [1.807, 2.05) is 6.07 Å². The average molecular weight is 346 g/mol. The van der Waals surface area contributed by atoms with Crippen molar-refractivity contribution >= 4 is 21.9 Å². The Kier molecular flexibility index (Phi) is 3.49. The van der Waals surface area contributed by atoms with Gasteiger partial charge in [0, 0.05) is 16.2 Å². The molecule has 3 aromatic rings. The van der Waals surface area contributed by atoms with Crippen LogP contribution >= 0.6 is 15.9 Å². The Morgan fingerprint density at radius 2 is 2.10 bits per heavy atom. The molecule has 1 N–H and O–H groups in total. The van der Waals surface area contributed by atoms with Crippen molar-refractivity contribution in [3.05, 3.63) is 52.6 Å². The summed E-state index contributed by atoms with van der Waals surface area (Å²) >= 11 is 3.36. The van der Waals surface area contributed by atoms with E-state index in [1.54, 1.807) is 24.4 Å². The summed E-state index contributed by atoms with van der Waals surface area (Å²) < 4.78 is 5.92. The van der Waals surface area contributed by atoms with Gasteiger partial charge in [-0.25, -0.2) is 9.78 Å². The van der Waals surface area contributed by atoms with Crippen molar-refractivity contribution in [3.63, 3.8) is 0 Å². The van der Waals surface area contributed by atoms with E-state index in [0.29, 0.717) is 17.1 Å². The largest absolute Gasteiger partial charge is 0.478 e. The number of aromatic nitrogens is 3. The maximum atomic E-state index is 11.0. The third-order valence-corrected chi connectivity index (χ3v) is 3.39. The molecule has 21 heavy (non-hydrogen) atoms. The molecule has 0 spiro atoms. The zero-order chi connectivity index (χ0) is 14.8. The lowest BCUT2D eigenvalue weighted by molar-refractivity contribution is 0.0697. The van der Waals surface area contributed by atoms with Gasteiger partial charge in [0.25, 0.3) is 5.89 Å². The monoisotopic (exact) mass is 345 g/mol. The Hall–Kier alpha value is -2.54. The predicted octanol–water partition coefficient (Wildman–Crippen LogP) is 3.26. The molecule has 0 aliphatic carbocycles. The number of carbonyl (C=O) groups is 1. The fourth-order valence-corrected chi connectivity index (χ4v) is 2.20. The van der Waals surface area contributed by atoms with Gasteiger partial charge in [0.2, 0.25) is 5.82 Å². The third kappa shape index (κ3) is 2.68. The van der Waals surface area contributed by atoms with E-state index >= 15 is 0 Å². The first-order valence-corrected chi connectivity index (χ1v) is 6.73. The predicted molar refractivity (Wildman–Crippen MR) is 77.6 cm³/mol. The number of carboxylic acids is 1. The zero-order valence-corrected chi connectivity index (χ0v) is 12.1. The molecule has 0 unspecified atom stereocenters. The highest BCUT2D eigenvalue weighted by atomic mass is 79.9. The Morgan fingerprint density at radius 1 is 1.24 bits per heavy atom. The van der Waals surface area contributed by atoms with Crippen LogP contribution in [0.15, 0.2) is 51.6 Å². The minimum absolute atomic E-state index is 0.165. The Balaban J connectivity index is 2.01. The summed E-state index contributed by atoms with van der Waals surface area (Å²) in [6.07, 6.45) is 1.62. The molecule has 0 amide bonds. The maximum Gasteiger partial charge on any atom is 0.335 e. The van der Waals surface area contributed by atoms with Gasteiger partial charge in [-0.05, 0) is 40.2 Å². The Labute approximate surface area is 127 Å². The number of halogens is 1. The van der Waals surface area contributed by atoms with Crippen molar-refractivity contribution in [1.82, 2.24) is 15.1 Å². The average Bonchev–Trinajstić information content (AvgIpc) is 2.97. The number of hydrogen-bond donors (Lipinski definition) is 1. The summed E-state index contributed by atoms with van der Waals surface area (Å²) in [5.41, 5.74) is 1.26. The van der Waals surface area contributed by atoms with Crippen LogP contribution in [-0.4, -0.2) is 26.2 Å². The molecule has 0 saturated carbocycles. The topological polar surface area (TPSA) is 89.1 Å². The van der Waals surface area contributed by atoms with Crippen molar-refractivity contribution in [2.75, 3.05) is 0 Å². The summed E-state index contributed by atoms with van der Waals surface area (Å²) in [5, 5.41) is 12.9. The second-order valence-electron chi connectivity index (χ2n) is 4.14. The molecule has 1 aromatic carbocycles. The van der Waals surface area contributed by atoms with Gasteiger partial charge in [-0.15, -0.1) is 0 Å². The lowest BCUT2D eigenvalue weighted by atomic mass is 10.1. The molecule has 7 heteroatoms. The smallest absolute Gasteiger partial charge is 0.335 e. The molecule has 0 atom stereocenters.